The molecule has 1 fully saturated rings. The molecule has 0 aliphatic carbocycles. The molecule has 1 unspecified atom stereocenters. The summed E-state index contributed by atoms with van der Waals surface area (Å²) in [6.45, 7) is 2.33. The van der Waals surface area contributed by atoms with E-state index in [0.29, 0.717) is 24.0 Å². The first-order valence-electron chi connectivity index (χ1n) is 4.59. The number of thioether (sulfide) groups is 1. The average molecular weight is 225 g/mol. The molecule has 0 radical (unpaired) electrons. The highest BCUT2D eigenvalue weighted by atomic mass is 32.2. The Hall–Kier alpha value is -1.30. The van der Waals surface area contributed by atoms with Crippen LogP contribution >= 0.6 is 11.8 Å². The zero-order valence-electron chi connectivity index (χ0n) is 8.27. The number of rotatable bonds is 2. The van der Waals surface area contributed by atoms with Gasteiger partial charge in [-0.3, -0.25) is 4.79 Å². The van der Waals surface area contributed by atoms with E-state index in [1.54, 1.807) is 6.07 Å². The second-order valence-corrected chi connectivity index (χ2v) is 4.45. The third kappa shape index (κ3) is 2.38. The van der Waals surface area contributed by atoms with E-state index in [0.717, 1.165) is 5.69 Å². The summed E-state index contributed by atoms with van der Waals surface area (Å²) in [5.41, 5.74) is 6.39. The molecule has 2 heterocycles. The van der Waals surface area contributed by atoms with Gasteiger partial charge in [-0.25, -0.2) is 9.97 Å². The lowest BCUT2D eigenvalue weighted by atomic mass is 10.4. The third-order valence-corrected chi connectivity index (χ3v) is 3.09. The number of nitrogen functional groups attached to an aromatic ring is 1. The molecule has 5 nitrogen and oxygen atoms in total. The molecule has 80 valence electrons. The van der Waals surface area contributed by atoms with E-state index in [1.807, 2.05) is 6.92 Å². The molecule has 0 spiro atoms. The topological polar surface area (TPSA) is 78.1 Å². The van der Waals surface area contributed by atoms with Crippen LogP contribution in [0.1, 0.15) is 12.1 Å². The number of carbonyl (C=O) groups excluding carboxylic acids is 1. The van der Waals surface area contributed by atoms with Gasteiger partial charge >= 0.3 is 5.97 Å². The largest absolute Gasteiger partial charge is 0.465 e. The Bertz CT molecular complexity index is 377. The van der Waals surface area contributed by atoms with E-state index in [2.05, 4.69) is 9.97 Å². The molecular formula is C9H11N3O2S. The zero-order valence-corrected chi connectivity index (χ0v) is 9.08. The summed E-state index contributed by atoms with van der Waals surface area (Å²) in [6, 6.07) is 1.69. The SMILES string of the molecule is Cc1cc(N)nc(SC2CCOC2=O)n1. The summed E-state index contributed by atoms with van der Waals surface area (Å²) < 4.78 is 4.85. The van der Waals surface area contributed by atoms with Gasteiger partial charge in [0.25, 0.3) is 0 Å². The van der Waals surface area contributed by atoms with E-state index in [9.17, 15) is 4.79 Å². The first-order valence-corrected chi connectivity index (χ1v) is 5.47. The molecule has 1 aromatic heterocycles. The second-order valence-electron chi connectivity index (χ2n) is 3.28. The smallest absolute Gasteiger partial charge is 0.319 e. The number of nitrogens with zero attached hydrogens (tertiary/aromatic N) is 2. The van der Waals surface area contributed by atoms with Crippen LogP contribution in [0.15, 0.2) is 11.2 Å². The number of cyclic esters (lactones) is 1. The quantitative estimate of drug-likeness (QED) is 0.592. The van der Waals surface area contributed by atoms with Crippen molar-refractivity contribution in [3.8, 4) is 0 Å². The Morgan fingerprint density at radius 2 is 2.40 bits per heavy atom. The Labute approximate surface area is 91.4 Å². The molecule has 1 aliphatic heterocycles. The number of aryl methyl sites for hydroxylation is 1. The Morgan fingerprint density at radius 1 is 1.60 bits per heavy atom. The fourth-order valence-electron chi connectivity index (χ4n) is 1.33. The summed E-state index contributed by atoms with van der Waals surface area (Å²) in [5, 5.41) is 0.350. The molecule has 15 heavy (non-hydrogen) atoms. The predicted molar refractivity (Wildman–Crippen MR) is 56.4 cm³/mol. The highest BCUT2D eigenvalue weighted by molar-refractivity contribution is 8.00. The lowest BCUT2D eigenvalue weighted by molar-refractivity contribution is -0.137. The average Bonchev–Trinajstić information content (AvgIpc) is 2.50. The maximum atomic E-state index is 11.2. The van der Waals surface area contributed by atoms with Gasteiger partial charge in [-0.2, -0.15) is 0 Å². The molecule has 0 aromatic carbocycles. The molecule has 1 saturated heterocycles. The Balaban J connectivity index is 2.13. The van der Waals surface area contributed by atoms with Gasteiger partial charge in [0, 0.05) is 18.2 Å². The van der Waals surface area contributed by atoms with Gasteiger partial charge in [0.15, 0.2) is 5.16 Å². The molecule has 1 aromatic rings. The van der Waals surface area contributed by atoms with Crippen molar-refractivity contribution >= 4 is 23.5 Å². The number of esters is 1. The van der Waals surface area contributed by atoms with E-state index in [-0.39, 0.29) is 11.2 Å². The lowest BCUT2D eigenvalue weighted by Crippen LogP contribution is -2.10. The number of anilines is 1. The summed E-state index contributed by atoms with van der Waals surface area (Å²) in [4.78, 5) is 19.5. The monoisotopic (exact) mass is 225 g/mol. The van der Waals surface area contributed by atoms with Gasteiger partial charge in [0.2, 0.25) is 0 Å². The minimum Gasteiger partial charge on any atom is -0.465 e. The maximum Gasteiger partial charge on any atom is 0.319 e. The van der Waals surface area contributed by atoms with Gasteiger partial charge in [0.1, 0.15) is 11.1 Å². The summed E-state index contributed by atoms with van der Waals surface area (Å²) >= 11 is 1.31. The fourth-order valence-corrected chi connectivity index (χ4v) is 2.32. The van der Waals surface area contributed by atoms with E-state index < -0.39 is 0 Å². The standard InChI is InChI=1S/C9H11N3O2S/c1-5-4-7(10)12-9(11-5)15-6-2-3-14-8(6)13/h4,6H,2-3H2,1H3,(H2,10,11,12). The minimum atomic E-state index is -0.191. The van der Waals surface area contributed by atoms with Crippen LogP contribution < -0.4 is 5.73 Å². The highest BCUT2D eigenvalue weighted by Crippen LogP contribution is 2.27. The van der Waals surface area contributed by atoms with Crippen LogP contribution in [0.2, 0.25) is 0 Å². The van der Waals surface area contributed by atoms with Crippen molar-refractivity contribution < 1.29 is 9.53 Å². The number of carbonyl (C=O) groups is 1. The van der Waals surface area contributed by atoms with Gasteiger partial charge in [-0.15, -0.1) is 0 Å². The van der Waals surface area contributed by atoms with Crippen molar-refractivity contribution in [2.24, 2.45) is 0 Å². The molecule has 1 atom stereocenters. The third-order valence-electron chi connectivity index (χ3n) is 1.99. The first-order chi connectivity index (χ1) is 7.15. The van der Waals surface area contributed by atoms with E-state index in [4.69, 9.17) is 10.5 Å². The van der Waals surface area contributed by atoms with Crippen molar-refractivity contribution in [3.63, 3.8) is 0 Å². The predicted octanol–water partition coefficient (Wildman–Crippen LogP) is 0.775. The first kappa shape index (κ1) is 10.2. The number of nitrogens with two attached hydrogens (primary N) is 1. The Kier molecular flexibility index (Phi) is 2.77. The van der Waals surface area contributed by atoms with Crippen LogP contribution in [0.5, 0.6) is 0 Å². The van der Waals surface area contributed by atoms with Gasteiger partial charge in [-0.1, -0.05) is 11.8 Å². The van der Waals surface area contributed by atoms with Crippen LogP contribution in [0, 0.1) is 6.92 Å². The van der Waals surface area contributed by atoms with Crippen LogP contribution in [-0.2, 0) is 9.53 Å². The molecule has 1 aliphatic rings. The van der Waals surface area contributed by atoms with Crippen LogP contribution in [-0.4, -0.2) is 27.8 Å². The van der Waals surface area contributed by atoms with Crippen LogP contribution in [0.3, 0.4) is 0 Å². The summed E-state index contributed by atoms with van der Waals surface area (Å²) in [5.74, 6) is 0.236. The van der Waals surface area contributed by atoms with E-state index >= 15 is 0 Å². The highest BCUT2D eigenvalue weighted by Gasteiger charge is 2.28. The molecule has 6 heteroatoms. The molecule has 0 amide bonds. The zero-order chi connectivity index (χ0) is 10.8. The van der Waals surface area contributed by atoms with Crippen LogP contribution in [0.25, 0.3) is 0 Å². The summed E-state index contributed by atoms with van der Waals surface area (Å²) in [6.07, 6.45) is 0.709. The Morgan fingerprint density at radius 3 is 3.00 bits per heavy atom. The van der Waals surface area contributed by atoms with Crippen molar-refractivity contribution in [2.75, 3.05) is 12.3 Å². The van der Waals surface area contributed by atoms with Crippen molar-refractivity contribution in [2.45, 2.75) is 23.8 Å². The molecule has 0 saturated carbocycles. The molecule has 2 N–H and O–H groups in total. The number of aromatic nitrogens is 2. The molecule has 2 rings (SSSR count). The maximum absolute atomic E-state index is 11.2. The minimum absolute atomic E-state index is 0.189. The van der Waals surface area contributed by atoms with Gasteiger partial charge < -0.3 is 10.5 Å². The number of ether oxygens (including phenoxy) is 1. The van der Waals surface area contributed by atoms with E-state index in [1.165, 1.54) is 11.8 Å². The molecule has 0 bridgehead atoms. The van der Waals surface area contributed by atoms with Gasteiger partial charge in [0.05, 0.1) is 6.61 Å². The van der Waals surface area contributed by atoms with Crippen molar-refractivity contribution in [1.82, 2.24) is 9.97 Å². The fraction of sp³-hybridized carbons (Fsp3) is 0.444. The number of hydrogen-bond donors (Lipinski definition) is 1. The lowest BCUT2D eigenvalue weighted by Gasteiger charge is -2.05. The van der Waals surface area contributed by atoms with Crippen molar-refractivity contribution in [3.05, 3.63) is 11.8 Å². The summed E-state index contributed by atoms with van der Waals surface area (Å²) in [7, 11) is 0. The van der Waals surface area contributed by atoms with Crippen LogP contribution in [0.4, 0.5) is 5.82 Å². The normalized spacial score (nSPS) is 20.3. The van der Waals surface area contributed by atoms with Gasteiger partial charge in [-0.05, 0) is 6.92 Å². The molecular weight excluding hydrogens is 214 g/mol. The second kappa shape index (κ2) is 4.06. The van der Waals surface area contributed by atoms with Crippen molar-refractivity contribution in [1.29, 1.82) is 0 Å². The number of hydrogen-bond acceptors (Lipinski definition) is 6.